The second-order valence-electron chi connectivity index (χ2n) is 3.54. The fraction of sp³-hybridized carbons (Fsp3) is 0.0833. The van der Waals surface area contributed by atoms with Crippen LogP contribution < -0.4 is 15.8 Å². The molecule has 2 rings (SSSR count). The van der Waals surface area contributed by atoms with E-state index in [2.05, 4.69) is 15.3 Å². The molecule has 0 aliphatic carbocycles. The minimum absolute atomic E-state index is 0.307. The van der Waals surface area contributed by atoms with Gasteiger partial charge in [0.15, 0.2) is 0 Å². The van der Waals surface area contributed by atoms with Crippen molar-refractivity contribution in [2.75, 3.05) is 18.2 Å². The molecular formula is C12H12N4O2. The molecule has 6 nitrogen and oxygen atoms in total. The van der Waals surface area contributed by atoms with Crippen LogP contribution in [-0.2, 0) is 0 Å². The first kappa shape index (κ1) is 11.8. The lowest BCUT2D eigenvalue weighted by molar-refractivity contribution is 0.102. The molecule has 0 unspecified atom stereocenters. The molecule has 1 aromatic heterocycles. The maximum Gasteiger partial charge on any atom is 0.258 e. The predicted molar refractivity (Wildman–Crippen MR) is 67.4 cm³/mol. The van der Waals surface area contributed by atoms with Gasteiger partial charge in [0.2, 0.25) is 0 Å². The molecule has 18 heavy (non-hydrogen) atoms. The van der Waals surface area contributed by atoms with Gasteiger partial charge in [-0.1, -0.05) is 0 Å². The summed E-state index contributed by atoms with van der Waals surface area (Å²) in [6, 6.07) is 4.99. The van der Waals surface area contributed by atoms with Gasteiger partial charge in [0, 0.05) is 24.1 Å². The molecule has 0 fully saturated rings. The van der Waals surface area contributed by atoms with E-state index in [9.17, 15) is 4.79 Å². The number of nitrogens with one attached hydrogen (secondary N) is 1. The molecule has 3 N–H and O–H groups in total. The van der Waals surface area contributed by atoms with E-state index in [1.165, 1.54) is 25.8 Å². The van der Waals surface area contributed by atoms with E-state index in [1.54, 1.807) is 18.2 Å². The minimum Gasteiger partial charge on any atom is -0.494 e. The van der Waals surface area contributed by atoms with E-state index in [-0.39, 0.29) is 5.91 Å². The van der Waals surface area contributed by atoms with Gasteiger partial charge in [-0.2, -0.15) is 0 Å². The molecule has 1 heterocycles. The van der Waals surface area contributed by atoms with Crippen LogP contribution in [0.25, 0.3) is 0 Å². The number of carbonyl (C=O) groups excluding carboxylic acids is 1. The Hall–Kier alpha value is -2.63. The Bertz CT molecular complexity index is 557. The maximum absolute atomic E-state index is 11.9. The van der Waals surface area contributed by atoms with Crippen molar-refractivity contribution in [3.63, 3.8) is 0 Å². The van der Waals surface area contributed by atoms with Crippen LogP contribution >= 0.6 is 0 Å². The summed E-state index contributed by atoms with van der Waals surface area (Å²) in [5.74, 6) is 0.193. The molecule has 1 aromatic carbocycles. The summed E-state index contributed by atoms with van der Waals surface area (Å²) in [7, 11) is 1.51. The smallest absolute Gasteiger partial charge is 0.258 e. The lowest BCUT2D eigenvalue weighted by Crippen LogP contribution is -2.13. The van der Waals surface area contributed by atoms with Crippen LogP contribution in [0.4, 0.5) is 11.4 Å². The van der Waals surface area contributed by atoms with Gasteiger partial charge < -0.3 is 15.8 Å². The monoisotopic (exact) mass is 244 g/mol. The number of ether oxygens (including phenoxy) is 1. The summed E-state index contributed by atoms with van der Waals surface area (Å²) < 4.78 is 5.14. The van der Waals surface area contributed by atoms with Crippen LogP contribution in [0.2, 0.25) is 0 Å². The Morgan fingerprint density at radius 1 is 1.33 bits per heavy atom. The normalized spacial score (nSPS) is 9.83. The van der Waals surface area contributed by atoms with Crippen LogP contribution in [0.5, 0.6) is 5.75 Å². The Morgan fingerprint density at radius 3 is 2.72 bits per heavy atom. The molecule has 0 radical (unpaired) electrons. The highest BCUT2D eigenvalue weighted by Crippen LogP contribution is 2.26. The zero-order chi connectivity index (χ0) is 13.0. The number of nitrogens with two attached hydrogens (primary N) is 1. The van der Waals surface area contributed by atoms with Gasteiger partial charge in [0.1, 0.15) is 12.1 Å². The summed E-state index contributed by atoms with van der Waals surface area (Å²) in [6.07, 6.45) is 4.23. The topological polar surface area (TPSA) is 90.1 Å². The van der Waals surface area contributed by atoms with E-state index in [0.717, 1.165) is 0 Å². The number of amides is 1. The third-order valence-corrected chi connectivity index (χ3v) is 2.30. The first-order valence-corrected chi connectivity index (χ1v) is 5.20. The second-order valence-corrected chi connectivity index (χ2v) is 3.54. The fourth-order valence-electron chi connectivity index (χ4n) is 1.42. The van der Waals surface area contributed by atoms with Gasteiger partial charge in [0.05, 0.1) is 18.4 Å². The van der Waals surface area contributed by atoms with Gasteiger partial charge in [-0.3, -0.25) is 4.79 Å². The van der Waals surface area contributed by atoms with E-state index in [1.807, 2.05) is 0 Å². The lowest BCUT2D eigenvalue weighted by atomic mass is 10.2. The summed E-state index contributed by atoms with van der Waals surface area (Å²) in [4.78, 5) is 19.5. The summed E-state index contributed by atoms with van der Waals surface area (Å²) >= 11 is 0. The van der Waals surface area contributed by atoms with E-state index >= 15 is 0 Å². The van der Waals surface area contributed by atoms with E-state index in [4.69, 9.17) is 10.5 Å². The van der Waals surface area contributed by atoms with Crippen molar-refractivity contribution in [1.29, 1.82) is 0 Å². The number of hydrogen-bond donors (Lipinski definition) is 2. The molecule has 0 atom stereocenters. The maximum atomic E-state index is 11.9. The van der Waals surface area contributed by atoms with Crippen molar-refractivity contribution >= 4 is 17.3 Å². The Kier molecular flexibility index (Phi) is 3.38. The van der Waals surface area contributed by atoms with Crippen molar-refractivity contribution in [2.24, 2.45) is 0 Å². The van der Waals surface area contributed by atoms with Crippen LogP contribution in [0, 0.1) is 0 Å². The SMILES string of the molecule is COc1cc(N)ccc1NC(=O)c1cncnc1. The van der Waals surface area contributed by atoms with Gasteiger partial charge >= 0.3 is 0 Å². The molecule has 92 valence electrons. The standard InChI is InChI=1S/C12H12N4O2/c1-18-11-4-9(13)2-3-10(11)16-12(17)8-5-14-7-15-6-8/h2-7H,13H2,1H3,(H,16,17). The largest absolute Gasteiger partial charge is 0.494 e. The molecule has 0 aliphatic rings. The summed E-state index contributed by atoms with van der Waals surface area (Å²) in [5.41, 5.74) is 7.11. The van der Waals surface area contributed by atoms with Crippen molar-refractivity contribution in [1.82, 2.24) is 9.97 Å². The highest BCUT2D eigenvalue weighted by Gasteiger charge is 2.10. The zero-order valence-electron chi connectivity index (χ0n) is 9.75. The van der Waals surface area contributed by atoms with Gasteiger partial charge in [-0.15, -0.1) is 0 Å². The van der Waals surface area contributed by atoms with E-state index < -0.39 is 0 Å². The number of methoxy groups -OCH3 is 1. The van der Waals surface area contributed by atoms with Gasteiger partial charge in [-0.25, -0.2) is 9.97 Å². The number of benzene rings is 1. The molecule has 0 saturated carbocycles. The van der Waals surface area contributed by atoms with Crippen molar-refractivity contribution in [2.45, 2.75) is 0 Å². The van der Waals surface area contributed by atoms with E-state index in [0.29, 0.717) is 22.7 Å². The summed E-state index contributed by atoms with van der Waals surface area (Å²) in [6.45, 7) is 0. The first-order valence-electron chi connectivity index (χ1n) is 5.20. The first-order chi connectivity index (χ1) is 8.70. The third kappa shape index (κ3) is 2.54. The van der Waals surface area contributed by atoms with Crippen LogP contribution in [0.3, 0.4) is 0 Å². The minimum atomic E-state index is -0.307. The molecule has 1 amide bonds. The Morgan fingerprint density at radius 2 is 2.06 bits per heavy atom. The number of hydrogen-bond acceptors (Lipinski definition) is 5. The third-order valence-electron chi connectivity index (χ3n) is 2.30. The second kappa shape index (κ2) is 5.13. The lowest BCUT2D eigenvalue weighted by Gasteiger charge is -2.10. The van der Waals surface area contributed by atoms with Crippen LogP contribution in [0.1, 0.15) is 10.4 Å². The quantitative estimate of drug-likeness (QED) is 0.795. The molecule has 0 spiro atoms. The zero-order valence-corrected chi connectivity index (χ0v) is 9.75. The Labute approximate surface area is 104 Å². The van der Waals surface area contributed by atoms with Crippen molar-refractivity contribution in [3.05, 3.63) is 42.5 Å². The molecule has 0 bridgehead atoms. The van der Waals surface area contributed by atoms with Crippen LogP contribution in [0.15, 0.2) is 36.9 Å². The van der Waals surface area contributed by atoms with Crippen molar-refractivity contribution < 1.29 is 9.53 Å². The summed E-state index contributed by atoms with van der Waals surface area (Å²) in [5, 5.41) is 2.71. The predicted octanol–water partition coefficient (Wildman–Crippen LogP) is 1.32. The van der Waals surface area contributed by atoms with Gasteiger partial charge in [-0.05, 0) is 12.1 Å². The highest BCUT2D eigenvalue weighted by molar-refractivity contribution is 6.04. The molecule has 2 aromatic rings. The van der Waals surface area contributed by atoms with Crippen LogP contribution in [-0.4, -0.2) is 23.0 Å². The molecule has 0 aliphatic heterocycles. The average Bonchev–Trinajstić information content (AvgIpc) is 2.41. The van der Waals surface area contributed by atoms with Crippen molar-refractivity contribution in [3.8, 4) is 5.75 Å². The Balaban J connectivity index is 2.22. The number of aromatic nitrogens is 2. The molecular weight excluding hydrogens is 232 g/mol. The number of rotatable bonds is 3. The number of anilines is 2. The molecule has 6 heteroatoms. The number of nitrogen functional groups attached to an aromatic ring is 1. The van der Waals surface area contributed by atoms with Gasteiger partial charge in [0.25, 0.3) is 5.91 Å². The number of carbonyl (C=O) groups is 1. The number of nitrogens with zero attached hydrogens (tertiary/aromatic N) is 2. The fourth-order valence-corrected chi connectivity index (χ4v) is 1.42. The average molecular weight is 244 g/mol. The molecule has 0 saturated heterocycles. The highest BCUT2D eigenvalue weighted by atomic mass is 16.5.